The number of rotatable bonds is 6. The molecule has 0 saturated heterocycles. The number of hydrogen-bond acceptors (Lipinski definition) is 5. The van der Waals surface area contributed by atoms with Gasteiger partial charge in [-0.25, -0.2) is 4.98 Å². The molecule has 4 nitrogen and oxygen atoms in total. The van der Waals surface area contributed by atoms with Gasteiger partial charge in [-0.1, -0.05) is 12.1 Å². The summed E-state index contributed by atoms with van der Waals surface area (Å²) < 4.78 is 0. The monoisotopic (exact) mass is 286 g/mol. The van der Waals surface area contributed by atoms with E-state index >= 15 is 0 Å². The van der Waals surface area contributed by atoms with Crippen LogP contribution in [-0.2, 0) is 6.54 Å². The first-order chi connectivity index (χ1) is 9.78. The predicted octanol–water partition coefficient (Wildman–Crippen LogP) is 3.47. The van der Waals surface area contributed by atoms with E-state index in [0.717, 1.165) is 23.9 Å². The van der Waals surface area contributed by atoms with Crippen LogP contribution in [0.5, 0.6) is 0 Å². The van der Waals surface area contributed by atoms with Crippen molar-refractivity contribution in [1.82, 2.24) is 4.98 Å². The second-order valence-corrected chi connectivity index (χ2v) is 5.39. The number of benzene rings is 1. The third-order valence-corrected chi connectivity index (χ3v) is 4.13. The second kappa shape index (κ2) is 6.92. The van der Waals surface area contributed by atoms with E-state index in [-0.39, 0.29) is 0 Å². The van der Waals surface area contributed by atoms with Gasteiger partial charge in [0.2, 0.25) is 0 Å². The van der Waals surface area contributed by atoms with Crippen LogP contribution in [0.25, 0.3) is 0 Å². The van der Waals surface area contributed by atoms with Crippen molar-refractivity contribution in [2.45, 2.75) is 20.4 Å². The fraction of sp³-hybridized carbons (Fsp3) is 0.333. The van der Waals surface area contributed by atoms with Gasteiger partial charge in [0, 0.05) is 24.2 Å². The van der Waals surface area contributed by atoms with E-state index in [0.29, 0.717) is 12.1 Å². The molecule has 0 radical (unpaired) electrons. The van der Waals surface area contributed by atoms with E-state index in [1.807, 2.05) is 30.5 Å². The number of aromatic nitrogens is 1. The molecular formula is C15H18N4S. The standard InChI is InChI=1S/C15H18N4S/c1-3-19(4-2)15-18-11-13(20-15)10-17-14-8-6-5-7-12(14)9-16/h5-8,11,17H,3-4,10H2,1-2H3. The molecule has 0 saturated carbocycles. The molecule has 0 bridgehead atoms. The highest BCUT2D eigenvalue weighted by Crippen LogP contribution is 2.23. The second-order valence-electron chi connectivity index (χ2n) is 4.29. The van der Waals surface area contributed by atoms with Gasteiger partial charge >= 0.3 is 0 Å². The van der Waals surface area contributed by atoms with E-state index in [9.17, 15) is 0 Å². The first kappa shape index (κ1) is 14.4. The Kier molecular flexibility index (Phi) is 4.97. The minimum Gasteiger partial charge on any atom is -0.379 e. The lowest BCUT2D eigenvalue weighted by Gasteiger charge is -2.16. The lowest BCUT2D eigenvalue weighted by atomic mass is 10.2. The van der Waals surface area contributed by atoms with Gasteiger partial charge in [0.1, 0.15) is 6.07 Å². The van der Waals surface area contributed by atoms with Gasteiger partial charge in [-0.2, -0.15) is 5.26 Å². The topological polar surface area (TPSA) is 52.0 Å². The number of nitrogens with zero attached hydrogens (tertiary/aromatic N) is 3. The summed E-state index contributed by atoms with van der Waals surface area (Å²) in [5.41, 5.74) is 1.54. The number of hydrogen-bond donors (Lipinski definition) is 1. The predicted molar refractivity (Wildman–Crippen MR) is 84.2 cm³/mol. The quantitative estimate of drug-likeness (QED) is 0.883. The summed E-state index contributed by atoms with van der Waals surface area (Å²) in [4.78, 5) is 7.85. The molecule has 2 aromatic rings. The fourth-order valence-corrected chi connectivity index (χ4v) is 2.91. The average Bonchev–Trinajstić information content (AvgIpc) is 2.95. The Bertz CT molecular complexity index is 596. The molecule has 5 heteroatoms. The highest BCUT2D eigenvalue weighted by atomic mass is 32.1. The third kappa shape index (κ3) is 3.28. The van der Waals surface area contributed by atoms with E-state index in [4.69, 9.17) is 5.26 Å². The van der Waals surface area contributed by atoms with Crippen LogP contribution >= 0.6 is 11.3 Å². The first-order valence-electron chi connectivity index (χ1n) is 6.71. The molecule has 0 aliphatic carbocycles. The van der Waals surface area contributed by atoms with Crippen LogP contribution in [-0.4, -0.2) is 18.1 Å². The minimum absolute atomic E-state index is 0.668. The molecule has 0 unspecified atom stereocenters. The van der Waals surface area contributed by atoms with E-state index < -0.39 is 0 Å². The Morgan fingerprint density at radius 3 is 2.75 bits per heavy atom. The number of nitrogens with one attached hydrogen (secondary N) is 1. The van der Waals surface area contributed by atoms with Crippen molar-refractivity contribution in [3.05, 3.63) is 40.9 Å². The molecule has 1 N–H and O–H groups in total. The highest BCUT2D eigenvalue weighted by molar-refractivity contribution is 7.15. The summed E-state index contributed by atoms with van der Waals surface area (Å²) in [5.74, 6) is 0. The van der Waals surface area contributed by atoms with Gasteiger partial charge in [0.15, 0.2) is 5.13 Å². The molecule has 1 heterocycles. The Morgan fingerprint density at radius 1 is 1.30 bits per heavy atom. The lowest BCUT2D eigenvalue weighted by molar-refractivity contribution is 0.860. The molecular weight excluding hydrogens is 268 g/mol. The zero-order chi connectivity index (χ0) is 14.4. The highest BCUT2D eigenvalue weighted by Gasteiger charge is 2.08. The first-order valence-corrected chi connectivity index (χ1v) is 7.52. The normalized spacial score (nSPS) is 10.1. The van der Waals surface area contributed by atoms with E-state index in [2.05, 4.69) is 35.1 Å². The molecule has 0 aliphatic heterocycles. The molecule has 1 aromatic heterocycles. The van der Waals surface area contributed by atoms with Crippen LogP contribution in [0.3, 0.4) is 0 Å². The maximum Gasteiger partial charge on any atom is 0.185 e. The van der Waals surface area contributed by atoms with Crippen LogP contribution in [0.15, 0.2) is 30.5 Å². The van der Waals surface area contributed by atoms with Crippen LogP contribution in [0, 0.1) is 11.3 Å². The van der Waals surface area contributed by atoms with E-state index in [1.54, 1.807) is 11.3 Å². The average molecular weight is 286 g/mol. The molecule has 0 fully saturated rings. The maximum atomic E-state index is 9.05. The van der Waals surface area contributed by atoms with Gasteiger partial charge in [-0.3, -0.25) is 0 Å². The number of nitriles is 1. The van der Waals surface area contributed by atoms with Gasteiger partial charge in [-0.05, 0) is 26.0 Å². The SMILES string of the molecule is CCN(CC)c1ncc(CNc2ccccc2C#N)s1. The largest absolute Gasteiger partial charge is 0.379 e. The fourth-order valence-electron chi connectivity index (χ4n) is 1.94. The molecule has 0 aliphatic rings. The Hall–Kier alpha value is -2.06. The van der Waals surface area contributed by atoms with Crippen molar-refractivity contribution in [1.29, 1.82) is 5.26 Å². The smallest absolute Gasteiger partial charge is 0.185 e. The summed E-state index contributed by atoms with van der Waals surface area (Å²) in [7, 11) is 0. The number of anilines is 2. The van der Waals surface area contributed by atoms with Crippen molar-refractivity contribution in [2.24, 2.45) is 0 Å². The third-order valence-electron chi connectivity index (χ3n) is 3.08. The Morgan fingerprint density at radius 2 is 2.05 bits per heavy atom. The summed E-state index contributed by atoms with van der Waals surface area (Å²) >= 11 is 1.69. The molecule has 1 aromatic carbocycles. The maximum absolute atomic E-state index is 9.05. The van der Waals surface area contributed by atoms with Gasteiger partial charge < -0.3 is 10.2 Å². The van der Waals surface area contributed by atoms with Crippen molar-refractivity contribution in [3.63, 3.8) is 0 Å². The van der Waals surface area contributed by atoms with Crippen LogP contribution in [0.1, 0.15) is 24.3 Å². The summed E-state index contributed by atoms with van der Waals surface area (Å²) in [6, 6.07) is 9.73. The van der Waals surface area contributed by atoms with E-state index in [1.165, 1.54) is 4.88 Å². The number of thiazole rings is 1. The minimum atomic E-state index is 0.668. The molecule has 0 spiro atoms. The van der Waals surface area contributed by atoms with Gasteiger partial charge in [-0.15, -0.1) is 11.3 Å². The van der Waals surface area contributed by atoms with Crippen molar-refractivity contribution in [2.75, 3.05) is 23.3 Å². The zero-order valence-electron chi connectivity index (χ0n) is 11.8. The van der Waals surface area contributed by atoms with Crippen LogP contribution in [0.4, 0.5) is 10.8 Å². The van der Waals surface area contributed by atoms with Crippen LogP contribution < -0.4 is 10.2 Å². The lowest BCUT2D eigenvalue weighted by Crippen LogP contribution is -2.21. The molecule has 20 heavy (non-hydrogen) atoms. The summed E-state index contributed by atoms with van der Waals surface area (Å²) in [6.45, 7) is 6.89. The molecule has 0 atom stereocenters. The van der Waals surface area contributed by atoms with Gasteiger partial charge in [0.25, 0.3) is 0 Å². The Balaban J connectivity index is 2.03. The zero-order valence-corrected chi connectivity index (χ0v) is 12.6. The van der Waals surface area contributed by atoms with Gasteiger partial charge in [0.05, 0.1) is 17.8 Å². The summed E-state index contributed by atoms with van der Waals surface area (Å²) in [5, 5.41) is 13.4. The van der Waals surface area contributed by atoms with Crippen molar-refractivity contribution in [3.8, 4) is 6.07 Å². The van der Waals surface area contributed by atoms with Crippen molar-refractivity contribution >= 4 is 22.2 Å². The molecule has 104 valence electrons. The summed E-state index contributed by atoms with van der Waals surface area (Å²) in [6.07, 6.45) is 1.90. The van der Waals surface area contributed by atoms with Crippen molar-refractivity contribution < 1.29 is 0 Å². The number of para-hydroxylation sites is 1. The molecule has 0 amide bonds. The van der Waals surface area contributed by atoms with Crippen LogP contribution in [0.2, 0.25) is 0 Å². The Labute approximate surface area is 123 Å². The molecule has 2 rings (SSSR count).